The van der Waals surface area contributed by atoms with Crippen LogP contribution in [0.5, 0.6) is 0 Å². The van der Waals surface area contributed by atoms with E-state index in [0.717, 1.165) is 5.69 Å². The molecule has 0 spiro atoms. The van der Waals surface area contributed by atoms with E-state index in [1.165, 1.54) is 16.8 Å². The molecule has 2 rings (SSSR count). The molecule has 6 N–H and O–H groups in total. The van der Waals surface area contributed by atoms with Gasteiger partial charge in [-0.15, -0.1) is 5.10 Å². The topological polar surface area (TPSA) is 133 Å². The molecule has 8 nitrogen and oxygen atoms in total. The van der Waals surface area contributed by atoms with Crippen LogP contribution in [-0.4, -0.2) is 26.9 Å². The van der Waals surface area contributed by atoms with Gasteiger partial charge >= 0.3 is 0 Å². The van der Waals surface area contributed by atoms with E-state index in [2.05, 4.69) is 20.3 Å². The lowest BCUT2D eigenvalue weighted by molar-refractivity contribution is 0.626. The average molecular weight is 276 g/mol. The Kier molecular flexibility index (Phi) is 3.60. The first kappa shape index (κ1) is 13.5. The van der Waals surface area contributed by atoms with E-state index in [9.17, 15) is 4.39 Å². The zero-order chi connectivity index (χ0) is 14.7. The number of benzene rings is 1. The molecule has 20 heavy (non-hydrogen) atoms. The van der Waals surface area contributed by atoms with Crippen molar-refractivity contribution in [1.29, 1.82) is 0 Å². The Morgan fingerprint density at radius 1 is 1.30 bits per heavy atom. The van der Waals surface area contributed by atoms with Crippen molar-refractivity contribution in [3.05, 3.63) is 35.9 Å². The van der Waals surface area contributed by atoms with Crippen LogP contribution >= 0.6 is 0 Å². The maximum absolute atomic E-state index is 13.9. The van der Waals surface area contributed by atoms with Crippen molar-refractivity contribution in [3.8, 4) is 5.69 Å². The molecule has 0 fully saturated rings. The molecule has 1 heterocycles. The average Bonchev–Trinajstić information content (AvgIpc) is 2.77. The summed E-state index contributed by atoms with van der Waals surface area (Å²) >= 11 is 0. The van der Waals surface area contributed by atoms with Gasteiger partial charge in [-0.3, -0.25) is 0 Å². The van der Waals surface area contributed by atoms with Crippen LogP contribution in [0.1, 0.15) is 5.69 Å². The number of aryl methyl sites for hydroxylation is 1. The molecule has 0 saturated heterocycles. The highest BCUT2D eigenvalue weighted by Gasteiger charge is 2.06. The van der Waals surface area contributed by atoms with Crippen molar-refractivity contribution in [2.75, 3.05) is 0 Å². The van der Waals surface area contributed by atoms with Crippen molar-refractivity contribution in [1.82, 2.24) is 15.0 Å². The molecule has 1 aromatic heterocycles. The highest BCUT2D eigenvalue weighted by atomic mass is 19.1. The molecule has 0 atom stereocenters. The molecule has 0 saturated carbocycles. The summed E-state index contributed by atoms with van der Waals surface area (Å²) < 4.78 is 15.4. The van der Waals surface area contributed by atoms with E-state index in [-0.39, 0.29) is 17.6 Å². The molecule has 9 heteroatoms. The predicted molar refractivity (Wildman–Crippen MR) is 73.1 cm³/mol. The molecule has 0 amide bonds. The van der Waals surface area contributed by atoms with Crippen LogP contribution in [0.2, 0.25) is 0 Å². The first-order chi connectivity index (χ1) is 9.45. The third kappa shape index (κ3) is 3.07. The SMILES string of the molecule is Cc1cn(-c2ccc(N=C(N)N=C(N)N)c(F)c2)nn1. The number of nitrogens with two attached hydrogens (primary N) is 3. The van der Waals surface area contributed by atoms with Crippen LogP contribution < -0.4 is 17.2 Å². The highest BCUT2D eigenvalue weighted by molar-refractivity contribution is 5.93. The van der Waals surface area contributed by atoms with Gasteiger partial charge in [-0.2, -0.15) is 4.99 Å². The van der Waals surface area contributed by atoms with Crippen molar-refractivity contribution in [2.45, 2.75) is 6.92 Å². The summed E-state index contributed by atoms with van der Waals surface area (Å²) in [4.78, 5) is 7.27. The standard InChI is InChI=1S/C11H13FN8/c1-6-5-20(19-18-6)7-2-3-9(8(12)4-7)16-11(15)17-10(13)14/h2-5H,1H3,(H6,13,14,15,16,17). The maximum Gasteiger partial charge on any atom is 0.223 e. The van der Waals surface area contributed by atoms with Crippen LogP contribution in [0.4, 0.5) is 10.1 Å². The van der Waals surface area contributed by atoms with Crippen LogP contribution in [0.3, 0.4) is 0 Å². The Morgan fingerprint density at radius 2 is 2.05 bits per heavy atom. The fourth-order valence-electron chi connectivity index (χ4n) is 1.48. The van der Waals surface area contributed by atoms with Gasteiger partial charge in [0, 0.05) is 6.07 Å². The van der Waals surface area contributed by atoms with Gasteiger partial charge in [0.15, 0.2) is 11.8 Å². The third-order valence-corrected chi connectivity index (χ3v) is 2.28. The Bertz CT molecular complexity index is 683. The van der Waals surface area contributed by atoms with E-state index >= 15 is 0 Å². The fourth-order valence-corrected chi connectivity index (χ4v) is 1.48. The summed E-state index contributed by atoms with van der Waals surface area (Å²) in [5.41, 5.74) is 17.0. The first-order valence-electron chi connectivity index (χ1n) is 5.58. The van der Waals surface area contributed by atoms with Crippen molar-refractivity contribution in [3.63, 3.8) is 0 Å². The van der Waals surface area contributed by atoms with Crippen molar-refractivity contribution < 1.29 is 4.39 Å². The lowest BCUT2D eigenvalue weighted by Gasteiger charge is -2.02. The van der Waals surface area contributed by atoms with E-state index < -0.39 is 5.82 Å². The van der Waals surface area contributed by atoms with Gasteiger partial charge in [-0.05, 0) is 19.1 Å². The van der Waals surface area contributed by atoms with Crippen LogP contribution in [-0.2, 0) is 0 Å². The summed E-state index contributed by atoms with van der Waals surface area (Å²) in [5.74, 6) is -1.06. The van der Waals surface area contributed by atoms with Crippen LogP contribution in [0, 0.1) is 12.7 Å². The van der Waals surface area contributed by atoms with Gasteiger partial charge in [0.05, 0.1) is 17.6 Å². The number of aromatic nitrogens is 3. The zero-order valence-electron chi connectivity index (χ0n) is 10.7. The summed E-state index contributed by atoms with van der Waals surface area (Å²) in [7, 11) is 0. The molecule has 0 bridgehead atoms. The zero-order valence-corrected chi connectivity index (χ0v) is 10.7. The highest BCUT2D eigenvalue weighted by Crippen LogP contribution is 2.20. The molecule has 104 valence electrons. The smallest absolute Gasteiger partial charge is 0.223 e. The van der Waals surface area contributed by atoms with Gasteiger partial charge in [-0.25, -0.2) is 14.1 Å². The van der Waals surface area contributed by atoms with E-state index in [0.29, 0.717) is 5.69 Å². The molecule has 1 aromatic carbocycles. The number of guanidine groups is 2. The number of hydrogen-bond acceptors (Lipinski definition) is 3. The number of aliphatic imine (C=N–C) groups is 2. The molecule has 0 radical (unpaired) electrons. The van der Waals surface area contributed by atoms with E-state index in [1.54, 1.807) is 19.2 Å². The Labute approximate surface area is 113 Å². The molecule has 2 aromatic rings. The van der Waals surface area contributed by atoms with Gasteiger partial charge < -0.3 is 17.2 Å². The van der Waals surface area contributed by atoms with E-state index in [1.807, 2.05) is 0 Å². The molecule has 0 unspecified atom stereocenters. The number of hydrogen-bond donors (Lipinski definition) is 3. The number of rotatable bonds is 2. The van der Waals surface area contributed by atoms with Crippen molar-refractivity contribution >= 4 is 17.6 Å². The Hall–Kier alpha value is -2.97. The Morgan fingerprint density at radius 3 is 2.60 bits per heavy atom. The second kappa shape index (κ2) is 5.34. The monoisotopic (exact) mass is 276 g/mol. The third-order valence-electron chi connectivity index (χ3n) is 2.28. The minimum absolute atomic E-state index is 0.0214. The van der Waals surface area contributed by atoms with Gasteiger partial charge in [0.1, 0.15) is 5.69 Å². The number of halogens is 1. The maximum atomic E-state index is 13.9. The minimum Gasteiger partial charge on any atom is -0.370 e. The molecular weight excluding hydrogens is 263 g/mol. The lowest BCUT2D eigenvalue weighted by atomic mass is 10.2. The van der Waals surface area contributed by atoms with E-state index in [4.69, 9.17) is 17.2 Å². The first-order valence-corrected chi connectivity index (χ1v) is 5.58. The second-order valence-electron chi connectivity index (χ2n) is 3.95. The molecule has 0 aliphatic heterocycles. The largest absolute Gasteiger partial charge is 0.370 e. The summed E-state index contributed by atoms with van der Waals surface area (Å²) in [6.45, 7) is 1.79. The van der Waals surface area contributed by atoms with Crippen LogP contribution in [0.25, 0.3) is 5.69 Å². The number of nitrogens with zero attached hydrogens (tertiary/aromatic N) is 5. The molecule has 0 aliphatic carbocycles. The molecular formula is C11H13FN8. The van der Waals surface area contributed by atoms with Crippen LogP contribution in [0.15, 0.2) is 34.4 Å². The quantitative estimate of drug-likeness (QED) is 0.521. The summed E-state index contributed by atoms with van der Waals surface area (Å²) in [6.07, 6.45) is 1.67. The predicted octanol–water partition coefficient (Wildman–Crippen LogP) is -0.0656. The Balaban J connectivity index is 2.33. The lowest BCUT2D eigenvalue weighted by Crippen LogP contribution is -2.26. The van der Waals surface area contributed by atoms with Gasteiger partial charge in [0.2, 0.25) is 5.96 Å². The minimum atomic E-state index is -0.579. The normalized spacial score (nSPS) is 11.4. The fraction of sp³-hybridized carbons (Fsp3) is 0.0909. The summed E-state index contributed by atoms with van der Waals surface area (Å²) in [6, 6.07) is 4.32. The van der Waals surface area contributed by atoms with Crippen molar-refractivity contribution in [2.24, 2.45) is 27.2 Å². The van der Waals surface area contributed by atoms with Gasteiger partial charge in [-0.1, -0.05) is 5.21 Å². The van der Waals surface area contributed by atoms with Gasteiger partial charge in [0.25, 0.3) is 0 Å². The molecule has 0 aliphatic rings. The second-order valence-corrected chi connectivity index (χ2v) is 3.95. The summed E-state index contributed by atoms with van der Waals surface area (Å²) in [5, 5.41) is 7.67.